The van der Waals surface area contributed by atoms with Gasteiger partial charge < -0.3 is 9.47 Å². The molecule has 0 aromatic heterocycles. The van der Waals surface area contributed by atoms with Crippen LogP contribution in [0, 0.1) is 0 Å². The molecule has 0 spiro atoms. The fourth-order valence-corrected chi connectivity index (χ4v) is 0.493. The summed E-state index contributed by atoms with van der Waals surface area (Å²) in [4.78, 5) is 0. The molecule has 3 heteroatoms. The molecule has 1 N–H and O–H groups in total. The highest BCUT2D eigenvalue weighted by Crippen LogP contribution is 1.86. The Morgan fingerprint density at radius 2 is 1.25 bits per heavy atom. The fraction of sp³-hybridized carbons (Fsp3) is 1.00. The van der Waals surface area contributed by atoms with E-state index in [9.17, 15) is 0 Å². The van der Waals surface area contributed by atoms with Gasteiger partial charge in [-0.1, -0.05) is 7.43 Å². The van der Waals surface area contributed by atoms with Crippen molar-refractivity contribution >= 4 is 0 Å². The van der Waals surface area contributed by atoms with Gasteiger partial charge in [0.25, 0.3) is 0 Å². The Morgan fingerprint density at radius 1 is 0.917 bits per heavy atom. The van der Waals surface area contributed by atoms with Gasteiger partial charge in [-0.15, -0.1) is 0 Å². The van der Waals surface area contributed by atoms with E-state index in [-0.39, 0.29) is 19.6 Å². The van der Waals surface area contributed by atoms with Crippen molar-refractivity contribution < 1.29 is 9.47 Å². The molecule has 0 fully saturated rings. The molecule has 0 saturated carbocycles. The lowest BCUT2D eigenvalue weighted by Crippen LogP contribution is -2.25. The van der Waals surface area contributed by atoms with Crippen molar-refractivity contribution in [2.45, 2.75) is 47.3 Å². The van der Waals surface area contributed by atoms with Crippen LogP contribution in [0.1, 0.15) is 35.1 Å². The maximum atomic E-state index is 5.23. The van der Waals surface area contributed by atoms with Gasteiger partial charge in [0.2, 0.25) is 0 Å². The number of ether oxygens (including phenoxy) is 2. The van der Waals surface area contributed by atoms with Crippen molar-refractivity contribution in [3.8, 4) is 0 Å². The average molecular weight is 177 g/mol. The summed E-state index contributed by atoms with van der Waals surface area (Å²) in [6, 6.07) is 0. The zero-order valence-corrected chi connectivity index (χ0v) is 7.89. The van der Waals surface area contributed by atoms with Crippen LogP contribution in [0.25, 0.3) is 0 Å². The molecule has 0 bridgehead atoms. The van der Waals surface area contributed by atoms with Gasteiger partial charge in [-0.25, -0.2) is 0 Å². The third kappa shape index (κ3) is 12.5. The maximum absolute atomic E-state index is 5.23. The molecule has 3 nitrogen and oxygen atoms in total. The fourth-order valence-electron chi connectivity index (χ4n) is 0.493. The Hall–Kier alpha value is -0.120. The summed E-state index contributed by atoms with van der Waals surface area (Å²) in [5.41, 5.74) is 0. The van der Waals surface area contributed by atoms with Crippen LogP contribution in [0.4, 0.5) is 0 Å². The number of nitrogens with one attached hydrogen (secondary N) is 1. The number of hydrogen-bond donors (Lipinski definition) is 1. The van der Waals surface area contributed by atoms with Gasteiger partial charge in [0, 0.05) is 0 Å². The van der Waals surface area contributed by atoms with Crippen LogP contribution in [0.2, 0.25) is 0 Å². The molecule has 0 amide bonds. The first-order valence-corrected chi connectivity index (χ1v) is 4.07. The van der Waals surface area contributed by atoms with E-state index in [0.717, 1.165) is 0 Å². The highest BCUT2D eigenvalue weighted by molar-refractivity contribution is 4.37. The Bertz CT molecular complexity index is 74.6. The highest BCUT2D eigenvalue weighted by atomic mass is 16.5. The standard InChI is InChI=1S/C8H19NO2.CH4/c1-7(2)10-5-9-6-11-8(3)4;/h7-9H,5-6H2,1-4H3;1H4. The zero-order chi connectivity index (χ0) is 8.69. The van der Waals surface area contributed by atoms with Crippen molar-refractivity contribution in [2.24, 2.45) is 0 Å². The molecule has 0 saturated heterocycles. The molecule has 76 valence electrons. The first-order valence-electron chi connectivity index (χ1n) is 4.07. The molecule has 0 rings (SSSR count). The molecular weight excluding hydrogens is 154 g/mol. The third-order valence-corrected chi connectivity index (χ3v) is 1.04. The normalized spacial score (nSPS) is 10.5. The first-order chi connectivity index (χ1) is 5.13. The van der Waals surface area contributed by atoms with E-state index in [0.29, 0.717) is 13.5 Å². The molecule has 0 atom stereocenters. The van der Waals surface area contributed by atoms with Gasteiger partial charge >= 0.3 is 0 Å². The summed E-state index contributed by atoms with van der Waals surface area (Å²) >= 11 is 0. The third-order valence-electron chi connectivity index (χ3n) is 1.04. The van der Waals surface area contributed by atoms with Crippen LogP contribution in [0.3, 0.4) is 0 Å². The Kier molecular flexibility index (Phi) is 10.8. The van der Waals surface area contributed by atoms with E-state index in [1.807, 2.05) is 27.7 Å². The van der Waals surface area contributed by atoms with Crippen molar-refractivity contribution in [1.29, 1.82) is 0 Å². The molecular formula is C9H23NO2. The second kappa shape index (κ2) is 8.97. The average Bonchev–Trinajstić information content (AvgIpc) is 1.85. The molecule has 0 heterocycles. The first kappa shape index (κ1) is 14.4. The molecule has 0 radical (unpaired) electrons. The molecule has 12 heavy (non-hydrogen) atoms. The van der Waals surface area contributed by atoms with E-state index in [1.54, 1.807) is 0 Å². The monoisotopic (exact) mass is 177 g/mol. The van der Waals surface area contributed by atoms with Crippen molar-refractivity contribution in [2.75, 3.05) is 13.5 Å². The molecule has 0 aliphatic carbocycles. The largest absolute Gasteiger partial charge is 0.364 e. The van der Waals surface area contributed by atoms with Gasteiger partial charge in [0.15, 0.2) is 0 Å². The molecule has 0 unspecified atom stereocenters. The van der Waals surface area contributed by atoms with Gasteiger partial charge in [0.05, 0.1) is 25.7 Å². The Labute approximate surface area is 76.4 Å². The van der Waals surface area contributed by atoms with E-state index in [2.05, 4.69) is 5.32 Å². The maximum Gasteiger partial charge on any atom is 0.0986 e. The van der Waals surface area contributed by atoms with Gasteiger partial charge in [-0.05, 0) is 27.7 Å². The van der Waals surface area contributed by atoms with Gasteiger partial charge in [-0.2, -0.15) is 0 Å². The van der Waals surface area contributed by atoms with Crippen LogP contribution < -0.4 is 5.32 Å². The Balaban J connectivity index is 0. The topological polar surface area (TPSA) is 30.5 Å². The predicted molar refractivity (Wildman–Crippen MR) is 52.0 cm³/mol. The highest BCUT2D eigenvalue weighted by Gasteiger charge is 1.93. The summed E-state index contributed by atoms with van der Waals surface area (Å²) in [5.74, 6) is 0. The summed E-state index contributed by atoms with van der Waals surface area (Å²) < 4.78 is 10.5. The lowest BCUT2D eigenvalue weighted by Gasteiger charge is -2.10. The van der Waals surface area contributed by atoms with Crippen LogP contribution in [-0.2, 0) is 9.47 Å². The van der Waals surface area contributed by atoms with Crippen molar-refractivity contribution in [3.63, 3.8) is 0 Å². The minimum Gasteiger partial charge on any atom is -0.364 e. The second-order valence-corrected chi connectivity index (χ2v) is 2.97. The molecule has 0 aliphatic heterocycles. The minimum atomic E-state index is 0. The van der Waals surface area contributed by atoms with Crippen molar-refractivity contribution in [3.05, 3.63) is 0 Å². The van der Waals surface area contributed by atoms with Crippen LogP contribution in [-0.4, -0.2) is 25.7 Å². The van der Waals surface area contributed by atoms with E-state index in [1.165, 1.54) is 0 Å². The molecule has 0 aliphatic rings. The van der Waals surface area contributed by atoms with Crippen molar-refractivity contribution in [1.82, 2.24) is 5.32 Å². The predicted octanol–water partition coefficient (Wildman–Crippen LogP) is 1.98. The smallest absolute Gasteiger partial charge is 0.0986 e. The van der Waals surface area contributed by atoms with Crippen LogP contribution in [0.15, 0.2) is 0 Å². The van der Waals surface area contributed by atoms with Gasteiger partial charge in [0.1, 0.15) is 0 Å². The lowest BCUT2D eigenvalue weighted by molar-refractivity contribution is 0.0133. The quantitative estimate of drug-likeness (QED) is 0.497. The van der Waals surface area contributed by atoms with Crippen LogP contribution in [0.5, 0.6) is 0 Å². The summed E-state index contributed by atoms with van der Waals surface area (Å²) in [6.07, 6.45) is 0.558. The number of rotatable bonds is 6. The van der Waals surface area contributed by atoms with Crippen LogP contribution >= 0.6 is 0 Å². The lowest BCUT2D eigenvalue weighted by atomic mass is 10.5. The SMILES string of the molecule is C.CC(C)OCNCOC(C)C. The summed E-state index contributed by atoms with van der Waals surface area (Å²) in [5, 5.41) is 3.00. The zero-order valence-electron chi connectivity index (χ0n) is 7.89. The summed E-state index contributed by atoms with van der Waals surface area (Å²) in [6.45, 7) is 9.14. The van der Waals surface area contributed by atoms with E-state index < -0.39 is 0 Å². The summed E-state index contributed by atoms with van der Waals surface area (Å²) in [7, 11) is 0. The Morgan fingerprint density at radius 3 is 1.50 bits per heavy atom. The minimum absolute atomic E-state index is 0. The molecule has 0 aromatic carbocycles. The molecule has 0 aromatic rings. The van der Waals surface area contributed by atoms with E-state index >= 15 is 0 Å². The van der Waals surface area contributed by atoms with E-state index in [4.69, 9.17) is 9.47 Å². The number of hydrogen-bond acceptors (Lipinski definition) is 3. The van der Waals surface area contributed by atoms with Gasteiger partial charge in [-0.3, -0.25) is 5.32 Å². The second-order valence-electron chi connectivity index (χ2n) is 2.97.